The summed E-state index contributed by atoms with van der Waals surface area (Å²) in [6.07, 6.45) is 3.43. The van der Waals surface area contributed by atoms with Crippen LogP contribution in [0.1, 0.15) is 19.3 Å². The van der Waals surface area contributed by atoms with Crippen LogP contribution < -0.4 is 79.3 Å². The number of nitrogens with zero attached hydrogens (tertiary/aromatic N) is 6. The molecule has 0 saturated heterocycles. The Kier molecular flexibility index (Phi) is 10.0. The number of benzene rings is 6. The van der Waals surface area contributed by atoms with Gasteiger partial charge >= 0.3 is 0 Å². The number of rotatable bonds is 3. The minimum Gasteiger partial charge on any atom is -1.00 e. The molecule has 0 N–H and O–H groups in total. The normalized spacial score (nSPS) is 19.4. The summed E-state index contributed by atoms with van der Waals surface area (Å²) in [5.41, 5.74) is 4.05. The molecule has 0 unspecified atom stereocenters. The standard InChI is InChI=1S/C51H45N6.3BrH/c1-4-19-43-37(13-1)40-16-7-10-22-46(40)55-28-25-52(49(43)55)34-31-35(53-26-29-56-47-23-11-8-17-41(47)38-14-2-5-20-44(38)50(53)56)33-36(32-34)54-27-30-57-48-24-12-9-18-42(48)39-15-3-6-21-45(39)51(54)57;;;/h1-24,34-36H,25-33H2;3*1H/q+3;;;/p-3. The molecule has 9 aromatic rings. The Morgan fingerprint density at radius 3 is 0.817 bits per heavy atom. The first-order valence-corrected chi connectivity index (χ1v) is 21.1. The van der Waals surface area contributed by atoms with Gasteiger partial charge < -0.3 is 50.9 Å². The van der Waals surface area contributed by atoms with Gasteiger partial charge in [0.25, 0.3) is 17.5 Å². The molecule has 300 valence electrons. The molecule has 1 fully saturated rings. The minimum atomic E-state index is 0. The van der Waals surface area contributed by atoms with Gasteiger partial charge in [0.15, 0.2) is 0 Å². The summed E-state index contributed by atoms with van der Waals surface area (Å²) in [7, 11) is 0. The lowest BCUT2D eigenvalue weighted by molar-refractivity contribution is -0.643. The van der Waals surface area contributed by atoms with Crippen LogP contribution in [-0.4, -0.2) is 37.8 Å². The third kappa shape index (κ3) is 5.64. The molecule has 3 aromatic heterocycles. The Morgan fingerprint density at radius 2 is 0.533 bits per heavy atom. The van der Waals surface area contributed by atoms with Gasteiger partial charge in [0.05, 0.1) is 16.2 Å². The van der Waals surface area contributed by atoms with Crippen LogP contribution in [0.2, 0.25) is 0 Å². The quantitative estimate of drug-likeness (QED) is 0.179. The van der Waals surface area contributed by atoms with Crippen molar-refractivity contribution in [3.63, 3.8) is 0 Å². The SMILES string of the molecule is [Br-].[Br-].[Br-].c1ccc2c(c1)c1[n+](c3ccccc23)CCN1C1CC(N2CC[n+]3c2c2ccccc2c2ccccc23)CC(N2CC[n+]3c2c2ccccc2c2ccccc23)C1. The van der Waals surface area contributed by atoms with Crippen molar-refractivity contribution in [2.24, 2.45) is 0 Å². The lowest BCUT2D eigenvalue weighted by atomic mass is 9.84. The van der Waals surface area contributed by atoms with Gasteiger partial charge in [-0.25, -0.2) is 13.7 Å². The van der Waals surface area contributed by atoms with E-state index in [1.54, 1.807) is 0 Å². The van der Waals surface area contributed by atoms with E-state index < -0.39 is 0 Å². The van der Waals surface area contributed by atoms with Gasteiger partial charge in [-0.3, -0.25) is 14.7 Å². The van der Waals surface area contributed by atoms with Crippen molar-refractivity contribution in [2.45, 2.75) is 57.0 Å². The highest BCUT2D eigenvalue weighted by molar-refractivity contribution is 6.10. The van der Waals surface area contributed by atoms with Crippen molar-refractivity contribution in [1.29, 1.82) is 0 Å². The Labute approximate surface area is 381 Å². The Morgan fingerprint density at radius 1 is 0.300 bits per heavy atom. The molecule has 6 heterocycles. The van der Waals surface area contributed by atoms with Crippen LogP contribution in [0.3, 0.4) is 0 Å². The molecule has 0 bridgehead atoms. The third-order valence-corrected chi connectivity index (χ3v) is 14.2. The number of hydrogen-bond acceptors (Lipinski definition) is 3. The van der Waals surface area contributed by atoms with Crippen LogP contribution in [0.15, 0.2) is 146 Å². The number of aromatic nitrogens is 3. The zero-order valence-corrected chi connectivity index (χ0v) is 38.0. The maximum atomic E-state index is 2.85. The molecule has 0 amide bonds. The summed E-state index contributed by atoms with van der Waals surface area (Å²) in [6.45, 7) is 6.18. The van der Waals surface area contributed by atoms with Crippen LogP contribution >= 0.6 is 0 Å². The predicted molar refractivity (Wildman–Crippen MR) is 232 cm³/mol. The number of hydrogen-bond donors (Lipinski definition) is 0. The molecule has 6 aromatic carbocycles. The lowest BCUT2D eigenvalue weighted by Gasteiger charge is -2.39. The van der Waals surface area contributed by atoms with E-state index >= 15 is 0 Å². The van der Waals surface area contributed by atoms with Gasteiger partial charge in [0.2, 0.25) is 0 Å². The average molecular weight is 982 g/mol. The van der Waals surface area contributed by atoms with Crippen LogP contribution in [0.25, 0.3) is 65.0 Å². The maximum Gasteiger partial charge on any atom is 0.285 e. The van der Waals surface area contributed by atoms with E-state index in [2.05, 4.69) is 174 Å². The van der Waals surface area contributed by atoms with E-state index in [1.807, 2.05) is 0 Å². The molecule has 0 radical (unpaired) electrons. The second-order valence-electron chi connectivity index (χ2n) is 16.9. The molecular weight excluding hydrogens is 936 g/mol. The molecule has 0 spiro atoms. The van der Waals surface area contributed by atoms with E-state index in [0.717, 1.165) is 58.5 Å². The van der Waals surface area contributed by atoms with Crippen molar-refractivity contribution in [3.05, 3.63) is 146 Å². The second kappa shape index (κ2) is 15.3. The number of fused-ring (bicyclic) bond motifs is 18. The molecule has 3 aliphatic heterocycles. The van der Waals surface area contributed by atoms with E-state index in [9.17, 15) is 0 Å². The first-order chi connectivity index (χ1) is 28.3. The number of pyridine rings is 3. The third-order valence-electron chi connectivity index (χ3n) is 14.2. The molecule has 0 atom stereocenters. The fourth-order valence-electron chi connectivity index (χ4n) is 11.9. The highest BCUT2D eigenvalue weighted by atomic mass is 79.9. The topological polar surface area (TPSA) is 21.4 Å². The van der Waals surface area contributed by atoms with Crippen molar-refractivity contribution in [1.82, 2.24) is 0 Å². The first-order valence-electron chi connectivity index (χ1n) is 21.1. The number of anilines is 3. The Bertz CT molecular complexity index is 2810. The second-order valence-corrected chi connectivity index (χ2v) is 16.9. The van der Waals surface area contributed by atoms with Crippen molar-refractivity contribution >= 4 is 82.5 Å². The fraction of sp³-hybridized carbons (Fsp3) is 0.235. The maximum absolute atomic E-state index is 2.85. The number of para-hydroxylation sites is 3. The van der Waals surface area contributed by atoms with E-state index in [0.29, 0.717) is 18.1 Å². The zero-order valence-electron chi connectivity index (χ0n) is 33.3. The molecule has 13 rings (SSSR count). The molecule has 6 nitrogen and oxygen atoms in total. The molecule has 1 aliphatic carbocycles. The summed E-state index contributed by atoms with van der Waals surface area (Å²) in [4.78, 5) is 8.54. The Balaban J connectivity index is 0.00000144. The zero-order chi connectivity index (χ0) is 37.2. The first kappa shape index (κ1) is 39.3. The van der Waals surface area contributed by atoms with Crippen molar-refractivity contribution in [2.75, 3.05) is 34.3 Å². The van der Waals surface area contributed by atoms with Gasteiger partial charge in [-0.05, 0) is 36.4 Å². The van der Waals surface area contributed by atoms with E-state index in [-0.39, 0.29) is 50.9 Å². The average Bonchev–Trinajstić information content (AvgIpc) is 4.05. The molecule has 4 aliphatic rings. The van der Waals surface area contributed by atoms with Gasteiger partial charge in [-0.2, -0.15) is 0 Å². The van der Waals surface area contributed by atoms with Crippen LogP contribution in [0, 0.1) is 0 Å². The van der Waals surface area contributed by atoms with Crippen LogP contribution in [0.5, 0.6) is 0 Å². The van der Waals surface area contributed by atoms with Gasteiger partial charge in [-0.15, -0.1) is 0 Å². The lowest BCUT2D eigenvalue weighted by Crippen LogP contribution is -3.00. The summed E-state index contributed by atoms with van der Waals surface area (Å²) in [5.74, 6) is 4.23. The monoisotopic (exact) mass is 978 g/mol. The smallest absolute Gasteiger partial charge is 0.285 e. The van der Waals surface area contributed by atoms with Gasteiger partial charge in [0, 0.05) is 51.6 Å². The van der Waals surface area contributed by atoms with Gasteiger partial charge in [-0.1, -0.05) is 109 Å². The highest BCUT2D eigenvalue weighted by Gasteiger charge is 2.51. The molecular formula is C51H45Br3N6. The molecule has 9 heteroatoms. The highest BCUT2D eigenvalue weighted by Crippen LogP contribution is 2.43. The van der Waals surface area contributed by atoms with E-state index in [4.69, 9.17) is 0 Å². The van der Waals surface area contributed by atoms with Crippen LogP contribution in [0.4, 0.5) is 17.5 Å². The van der Waals surface area contributed by atoms with Gasteiger partial charge in [0.1, 0.15) is 73.9 Å². The summed E-state index contributed by atoms with van der Waals surface area (Å²) >= 11 is 0. The van der Waals surface area contributed by atoms with Crippen molar-refractivity contribution < 1.29 is 64.6 Å². The van der Waals surface area contributed by atoms with Crippen LogP contribution in [-0.2, 0) is 19.6 Å². The predicted octanol–water partition coefficient (Wildman–Crippen LogP) is -0.370. The fourth-order valence-corrected chi connectivity index (χ4v) is 11.9. The molecule has 60 heavy (non-hydrogen) atoms. The summed E-state index contributed by atoms with van der Waals surface area (Å²) < 4.78 is 7.91. The van der Waals surface area contributed by atoms with E-state index in [1.165, 1.54) is 82.5 Å². The number of halogens is 3. The summed E-state index contributed by atoms with van der Waals surface area (Å²) in [6, 6.07) is 55.9. The Hall–Kier alpha value is -4.83. The van der Waals surface area contributed by atoms with Crippen molar-refractivity contribution in [3.8, 4) is 0 Å². The summed E-state index contributed by atoms with van der Waals surface area (Å²) in [5, 5.41) is 12.3. The minimum absolute atomic E-state index is 0. The largest absolute Gasteiger partial charge is 1.00 e. The molecule has 1 saturated carbocycles.